The normalized spacial score (nSPS) is 11.5. The first-order valence-electron chi connectivity index (χ1n) is 3.65. The Kier molecular flexibility index (Phi) is 3.00. The molecule has 0 fully saturated rings. The Morgan fingerprint density at radius 1 is 1.23 bits per heavy atom. The van der Waals surface area contributed by atoms with Gasteiger partial charge in [-0.15, -0.1) is 0 Å². The van der Waals surface area contributed by atoms with Crippen LogP contribution in [0.1, 0.15) is 0 Å². The highest BCUT2D eigenvalue weighted by Crippen LogP contribution is 2.11. The van der Waals surface area contributed by atoms with E-state index in [1.54, 1.807) is 0 Å². The van der Waals surface area contributed by atoms with Gasteiger partial charge < -0.3 is 5.11 Å². The highest BCUT2D eigenvalue weighted by atomic mass is 32.2. The van der Waals surface area contributed by atoms with E-state index in [2.05, 4.69) is 0 Å². The third-order valence-corrected chi connectivity index (χ3v) is 3.24. The molecule has 0 saturated carbocycles. The molecule has 0 atom stereocenters. The van der Waals surface area contributed by atoms with Crippen molar-refractivity contribution in [1.82, 2.24) is 0 Å². The summed E-state index contributed by atoms with van der Waals surface area (Å²) < 4.78 is 34.9. The molecule has 0 heterocycles. The number of hydrogen-bond donors (Lipinski definition) is 1. The minimum Gasteiger partial charge on any atom is -0.395 e. The quantitative estimate of drug-likeness (QED) is 0.733. The third kappa shape index (κ3) is 2.50. The van der Waals surface area contributed by atoms with E-state index in [9.17, 15) is 12.8 Å². The SMILES string of the molecule is O=S(=O)(CCO)c1ccc(F)cc1. The van der Waals surface area contributed by atoms with E-state index in [1.165, 1.54) is 12.1 Å². The number of hydrogen-bond acceptors (Lipinski definition) is 3. The lowest BCUT2D eigenvalue weighted by molar-refractivity contribution is 0.319. The van der Waals surface area contributed by atoms with Crippen LogP contribution in [0.4, 0.5) is 4.39 Å². The molecule has 0 unspecified atom stereocenters. The van der Waals surface area contributed by atoms with Crippen molar-refractivity contribution in [3.05, 3.63) is 30.1 Å². The first kappa shape index (κ1) is 10.1. The molecule has 0 aliphatic heterocycles. The van der Waals surface area contributed by atoms with Crippen molar-refractivity contribution in [3.8, 4) is 0 Å². The Hall–Kier alpha value is -0.940. The molecule has 1 aromatic rings. The van der Waals surface area contributed by atoms with Gasteiger partial charge in [0.2, 0.25) is 0 Å². The van der Waals surface area contributed by atoms with Crippen LogP contribution in [0.25, 0.3) is 0 Å². The van der Waals surface area contributed by atoms with E-state index in [1.807, 2.05) is 0 Å². The molecule has 0 aromatic heterocycles. The number of aliphatic hydroxyl groups excluding tert-OH is 1. The zero-order valence-electron chi connectivity index (χ0n) is 6.77. The molecule has 0 amide bonds. The predicted octanol–water partition coefficient (Wildman–Crippen LogP) is 0.592. The second-order valence-electron chi connectivity index (χ2n) is 2.50. The summed E-state index contributed by atoms with van der Waals surface area (Å²) in [6.07, 6.45) is 0. The fourth-order valence-electron chi connectivity index (χ4n) is 0.880. The second-order valence-corrected chi connectivity index (χ2v) is 4.61. The van der Waals surface area contributed by atoms with Gasteiger partial charge in [-0.25, -0.2) is 12.8 Å². The molecule has 0 radical (unpaired) electrons. The van der Waals surface area contributed by atoms with Crippen LogP contribution in [0.5, 0.6) is 0 Å². The summed E-state index contributed by atoms with van der Waals surface area (Å²) in [5.74, 6) is -0.818. The number of rotatable bonds is 3. The highest BCUT2D eigenvalue weighted by molar-refractivity contribution is 7.91. The van der Waals surface area contributed by atoms with Crippen LogP contribution in [0.15, 0.2) is 29.2 Å². The lowest BCUT2D eigenvalue weighted by Crippen LogP contribution is -2.09. The maximum absolute atomic E-state index is 12.4. The maximum atomic E-state index is 12.4. The Balaban J connectivity index is 3.02. The molecule has 0 aliphatic carbocycles. The molecule has 5 heteroatoms. The van der Waals surface area contributed by atoms with Crippen LogP contribution in [-0.4, -0.2) is 25.9 Å². The molecule has 13 heavy (non-hydrogen) atoms. The second kappa shape index (κ2) is 3.85. The van der Waals surface area contributed by atoms with Gasteiger partial charge in [0.15, 0.2) is 9.84 Å². The molecule has 1 rings (SSSR count). The summed E-state index contributed by atoms with van der Waals surface area (Å²) >= 11 is 0. The molecule has 0 bridgehead atoms. The van der Waals surface area contributed by atoms with Crippen LogP contribution in [-0.2, 0) is 9.84 Å². The summed E-state index contributed by atoms with van der Waals surface area (Å²) in [7, 11) is -3.44. The maximum Gasteiger partial charge on any atom is 0.180 e. The predicted molar refractivity (Wildman–Crippen MR) is 45.5 cm³/mol. The zero-order valence-corrected chi connectivity index (χ0v) is 7.59. The average molecular weight is 204 g/mol. The summed E-state index contributed by atoms with van der Waals surface area (Å²) in [5, 5.41) is 8.46. The summed E-state index contributed by atoms with van der Waals surface area (Å²) in [6.45, 7) is -0.431. The minimum atomic E-state index is -3.44. The van der Waals surface area contributed by atoms with Crippen molar-refractivity contribution >= 4 is 9.84 Å². The fourth-order valence-corrected chi connectivity index (χ4v) is 1.91. The molecule has 3 nitrogen and oxygen atoms in total. The molecule has 0 saturated heterocycles. The Morgan fingerprint density at radius 2 is 1.77 bits per heavy atom. The van der Waals surface area contributed by atoms with E-state index >= 15 is 0 Å². The number of sulfone groups is 1. The van der Waals surface area contributed by atoms with E-state index in [4.69, 9.17) is 5.11 Å². The first-order valence-corrected chi connectivity index (χ1v) is 5.30. The van der Waals surface area contributed by atoms with E-state index in [0.717, 1.165) is 12.1 Å². The van der Waals surface area contributed by atoms with Crippen molar-refractivity contribution in [1.29, 1.82) is 0 Å². The van der Waals surface area contributed by atoms with E-state index < -0.39 is 22.3 Å². The number of aliphatic hydroxyl groups is 1. The van der Waals surface area contributed by atoms with Crippen LogP contribution >= 0.6 is 0 Å². The van der Waals surface area contributed by atoms with Gasteiger partial charge in [-0.1, -0.05) is 0 Å². The summed E-state index contributed by atoms with van der Waals surface area (Å²) in [5.41, 5.74) is 0. The van der Waals surface area contributed by atoms with Gasteiger partial charge in [0.25, 0.3) is 0 Å². The topological polar surface area (TPSA) is 54.4 Å². The van der Waals surface area contributed by atoms with E-state index in [-0.39, 0.29) is 10.6 Å². The van der Waals surface area contributed by atoms with Crippen molar-refractivity contribution in [2.45, 2.75) is 4.90 Å². The van der Waals surface area contributed by atoms with Crippen LogP contribution in [0.3, 0.4) is 0 Å². The van der Waals surface area contributed by atoms with Gasteiger partial charge in [-0.2, -0.15) is 0 Å². The lowest BCUT2D eigenvalue weighted by Gasteiger charge is -2.00. The first-order chi connectivity index (χ1) is 6.06. The van der Waals surface area contributed by atoms with Crippen molar-refractivity contribution in [2.75, 3.05) is 12.4 Å². The molecule has 1 N–H and O–H groups in total. The molecule has 1 aromatic carbocycles. The fraction of sp³-hybridized carbons (Fsp3) is 0.250. The van der Waals surface area contributed by atoms with Gasteiger partial charge in [0, 0.05) is 0 Å². The van der Waals surface area contributed by atoms with Gasteiger partial charge in [0.05, 0.1) is 17.3 Å². The molecule has 0 spiro atoms. The van der Waals surface area contributed by atoms with Crippen molar-refractivity contribution in [2.24, 2.45) is 0 Å². The number of halogens is 1. The summed E-state index contributed by atoms with van der Waals surface area (Å²) in [4.78, 5) is 0.0305. The van der Waals surface area contributed by atoms with Crippen molar-refractivity contribution in [3.63, 3.8) is 0 Å². The van der Waals surface area contributed by atoms with Gasteiger partial charge in [-0.05, 0) is 24.3 Å². The largest absolute Gasteiger partial charge is 0.395 e. The molecule has 72 valence electrons. The Bertz CT molecular complexity index is 369. The summed E-state index contributed by atoms with van der Waals surface area (Å²) in [6, 6.07) is 4.51. The highest BCUT2D eigenvalue weighted by Gasteiger charge is 2.12. The van der Waals surface area contributed by atoms with Crippen LogP contribution < -0.4 is 0 Å². The molecule has 0 aliphatic rings. The molecular formula is C8H9FO3S. The molecular weight excluding hydrogens is 195 g/mol. The smallest absolute Gasteiger partial charge is 0.180 e. The van der Waals surface area contributed by atoms with Crippen LogP contribution in [0.2, 0.25) is 0 Å². The standard InChI is InChI=1S/C8H9FO3S/c9-7-1-3-8(4-2-7)13(11,12)6-5-10/h1-4,10H,5-6H2. The Morgan fingerprint density at radius 3 is 2.23 bits per heavy atom. The van der Waals surface area contributed by atoms with Gasteiger partial charge >= 0.3 is 0 Å². The monoisotopic (exact) mass is 204 g/mol. The van der Waals surface area contributed by atoms with Crippen LogP contribution in [0, 0.1) is 5.82 Å². The van der Waals surface area contributed by atoms with E-state index in [0.29, 0.717) is 0 Å². The van der Waals surface area contributed by atoms with Crippen molar-refractivity contribution < 1.29 is 17.9 Å². The Labute approximate surface area is 75.7 Å². The average Bonchev–Trinajstić information content (AvgIpc) is 2.05. The zero-order chi connectivity index (χ0) is 9.90. The lowest BCUT2D eigenvalue weighted by atomic mass is 10.4. The minimum absolute atomic E-state index is 0.0305. The van der Waals surface area contributed by atoms with Gasteiger partial charge in [-0.3, -0.25) is 0 Å². The number of benzene rings is 1. The third-order valence-electron chi connectivity index (χ3n) is 1.53. The van der Waals surface area contributed by atoms with Gasteiger partial charge in [0.1, 0.15) is 5.82 Å².